The van der Waals surface area contributed by atoms with Gasteiger partial charge < -0.3 is 4.48 Å². The van der Waals surface area contributed by atoms with Crippen LogP contribution in [0.3, 0.4) is 0 Å². The molecular formula is C22H25N2+. The molecule has 0 spiro atoms. The summed E-state index contributed by atoms with van der Waals surface area (Å²) in [7, 11) is 4.62. The van der Waals surface area contributed by atoms with Crippen molar-refractivity contribution in [3.05, 3.63) is 83.9 Å². The lowest BCUT2D eigenvalue weighted by molar-refractivity contribution is -0.900. The molecule has 122 valence electrons. The third-order valence-electron chi connectivity index (χ3n) is 5.19. The molecule has 0 saturated carbocycles. The Bertz CT molecular complexity index is 839. The number of quaternary nitrogens is 1. The zero-order valence-electron chi connectivity index (χ0n) is 14.4. The first-order chi connectivity index (χ1) is 11.6. The second kappa shape index (κ2) is 6.04. The van der Waals surface area contributed by atoms with E-state index < -0.39 is 0 Å². The summed E-state index contributed by atoms with van der Waals surface area (Å²) in [6, 6.07) is 26.8. The van der Waals surface area contributed by atoms with Gasteiger partial charge in [0, 0.05) is 6.04 Å². The van der Waals surface area contributed by atoms with Gasteiger partial charge in [0.05, 0.1) is 26.6 Å². The summed E-state index contributed by atoms with van der Waals surface area (Å²) < 4.78 is 1.00. The number of fused-ring (bicyclic) bond motifs is 1. The molecule has 4 rings (SSSR count). The number of nitrogens with zero attached hydrogens (tertiary/aromatic N) is 1. The minimum absolute atomic E-state index is 0.374. The Kier molecular flexibility index (Phi) is 3.87. The predicted molar refractivity (Wildman–Crippen MR) is 101 cm³/mol. The highest BCUT2D eigenvalue weighted by Gasteiger charge is 2.36. The molecule has 0 bridgehead atoms. The lowest BCUT2D eigenvalue weighted by Gasteiger charge is -2.43. The van der Waals surface area contributed by atoms with Crippen LogP contribution >= 0.6 is 0 Å². The normalized spacial score (nSPS) is 23.2. The van der Waals surface area contributed by atoms with Gasteiger partial charge in [0.1, 0.15) is 6.67 Å². The van der Waals surface area contributed by atoms with Crippen molar-refractivity contribution in [1.82, 2.24) is 5.32 Å². The molecule has 0 amide bonds. The highest BCUT2D eigenvalue weighted by molar-refractivity contribution is 5.83. The van der Waals surface area contributed by atoms with Crippen LogP contribution in [0.1, 0.15) is 23.1 Å². The summed E-state index contributed by atoms with van der Waals surface area (Å²) in [4.78, 5) is 0. The van der Waals surface area contributed by atoms with Gasteiger partial charge in [0.2, 0.25) is 0 Å². The molecule has 0 aliphatic carbocycles. The first-order valence-electron chi connectivity index (χ1n) is 8.71. The van der Waals surface area contributed by atoms with Crippen molar-refractivity contribution < 1.29 is 4.48 Å². The van der Waals surface area contributed by atoms with Crippen LogP contribution in [-0.2, 0) is 0 Å². The van der Waals surface area contributed by atoms with Gasteiger partial charge in [-0.2, -0.15) is 0 Å². The molecule has 1 heterocycles. The highest BCUT2D eigenvalue weighted by Crippen LogP contribution is 2.36. The topological polar surface area (TPSA) is 12.0 Å². The van der Waals surface area contributed by atoms with Crippen molar-refractivity contribution in [1.29, 1.82) is 0 Å². The lowest BCUT2D eigenvalue weighted by Crippen LogP contribution is -2.56. The predicted octanol–water partition coefficient (Wildman–Crippen LogP) is 4.30. The molecule has 1 aliphatic rings. The Morgan fingerprint density at radius 2 is 1.50 bits per heavy atom. The Morgan fingerprint density at radius 3 is 2.29 bits per heavy atom. The molecular weight excluding hydrogens is 292 g/mol. The standard InChI is InChI=1S/C22H25N2/c1-24(2)15-21(22(23-16-24)18-9-4-3-5-10-18)20-13-12-17-8-6-7-11-19(17)14-20/h3-14,21-23H,15-16H2,1-2H3/q+1/t21-,22+/m1/s1. The van der Waals surface area contributed by atoms with Gasteiger partial charge in [0.15, 0.2) is 0 Å². The van der Waals surface area contributed by atoms with Crippen LogP contribution < -0.4 is 5.32 Å². The summed E-state index contributed by atoms with van der Waals surface area (Å²) >= 11 is 0. The van der Waals surface area contributed by atoms with Crippen molar-refractivity contribution in [2.45, 2.75) is 12.0 Å². The second-order valence-electron chi connectivity index (χ2n) is 7.58. The molecule has 2 nitrogen and oxygen atoms in total. The third-order valence-corrected chi connectivity index (χ3v) is 5.19. The molecule has 3 aromatic rings. The van der Waals surface area contributed by atoms with Crippen molar-refractivity contribution in [3.63, 3.8) is 0 Å². The maximum absolute atomic E-state index is 3.79. The lowest BCUT2D eigenvalue weighted by atomic mass is 9.84. The van der Waals surface area contributed by atoms with Crippen LogP contribution in [-0.4, -0.2) is 31.8 Å². The Hall–Kier alpha value is -2.16. The van der Waals surface area contributed by atoms with E-state index in [1.54, 1.807) is 0 Å². The Labute approximate surface area is 144 Å². The second-order valence-corrected chi connectivity index (χ2v) is 7.58. The van der Waals surface area contributed by atoms with Crippen LogP contribution in [0, 0.1) is 0 Å². The van der Waals surface area contributed by atoms with Gasteiger partial charge >= 0.3 is 0 Å². The zero-order chi connectivity index (χ0) is 16.6. The molecule has 3 aromatic carbocycles. The molecule has 1 fully saturated rings. The molecule has 0 aromatic heterocycles. The summed E-state index contributed by atoms with van der Waals surface area (Å²) in [6.07, 6.45) is 0. The van der Waals surface area contributed by atoms with Crippen LogP contribution in [0.15, 0.2) is 72.8 Å². The van der Waals surface area contributed by atoms with Gasteiger partial charge in [-0.1, -0.05) is 72.8 Å². The minimum atomic E-state index is 0.374. The van der Waals surface area contributed by atoms with E-state index in [9.17, 15) is 0 Å². The monoisotopic (exact) mass is 317 g/mol. The molecule has 0 radical (unpaired) electrons. The molecule has 1 saturated heterocycles. The van der Waals surface area contributed by atoms with Gasteiger partial charge in [-0.25, -0.2) is 0 Å². The SMILES string of the molecule is C[N+]1(C)CN[C@@H](c2ccccc2)[C@@H](c2ccc3ccccc3c2)C1. The number of rotatable bonds is 2. The molecule has 1 aliphatic heterocycles. The number of benzene rings is 3. The number of nitrogens with one attached hydrogen (secondary N) is 1. The van der Waals surface area contributed by atoms with Crippen molar-refractivity contribution >= 4 is 10.8 Å². The molecule has 1 N–H and O–H groups in total. The Morgan fingerprint density at radius 1 is 0.792 bits per heavy atom. The fraction of sp³-hybridized carbons (Fsp3) is 0.273. The quantitative estimate of drug-likeness (QED) is 0.695. The van der Waals surface area contributed by atoms with Gasteiger partial charge in [-0.05, 0) is 21.9 Å². The zero-order valence-corrected chi connectivity index (χ0v) is 14.4. The molecule has 24 heavy (non-hydrogen) atoms. The fourth-order valence-corrected chi connectivity index (χ4v) is 3.94. The molecule has 2 heteroatoms. The van der Waals surface area contributed by atoms with E-state index in [0.29, 0.717) is 12.0 Å². The van der Waals surface area contributed by atoms with Gasteiger partial charge in [0.25, 0.3) is 0 Å². The maximum atomic E-state index is 3.79. The molecule has 2 atom stereocenters. The number of likely N-dealkylation sites (N-methyl/N-ethyl adjacent to an activating group) is 1. The fourth-order valence-electron chi connectivity index (χ4n) is 3.94. The average Bonchev–Trinajstić information content (AvgIpc) is 2.61. The first kappa shape index (κ1) is 15.4. The Balaban J connectivity index is 1.77. The largest absolute Gasteiger partial charge is 0.316 e. The number of hydrogen-bond acceptors (Lipinski definition) is 1. The summed E-state index contributed by atoms with van der Waals surface area (Å²) in [6.45, 7) is 2.15. The van der Waals surface area contributed by atoms with Gasteiger partial charge in [-0.3, -0.25) is 5.32 Å². The van der Waals surface area contributed by atoms with Crippen LogP contribution in [0.25, 0.3) is 10.8 Å². The van der Waals surface area contributed by atoms with Crippen molar-refractivity contribution in [2.24, 2.45) is 0 Å². The summed E-state index contributed by atoms with van der Waals surface area (Å²) in [5.74, 6) is 0.473. The van der Waals surface area contributed by atoms with E-state index in [1.807, 2.05) is 0 Å². The van der Waals surface area contributed by atoms with Crippen LogP contribution in [0.5, 0.6) is 0 Å². The maximum Gasteiger partial charge on any atom is 0.132 e. The van der Waals surface area contributed by atoms with Crippen LogP contribution in [0.2, 0.25) is 0 Å². The van der Waals surface area contributed by atoms with Gasteiger partial charge in [-0.15, -0.1) is 0 Å². The highest BCUT2D eigenvalue weighted by atomic mass is 15.4. The minimum Gasteiger partial charge on any atom is -0.316 e. The van der Waals surface area contributed by atoms with E-state index >= 15 is 0 Å². The van der Waals surface area contributed by atoms with Crippen molar-refractivity contribution in [3.8, 4) is 0 Å². The third kappa shape index (κ3) is 2.95. The molecule has 0 unspecified atom stereocenters. The van der Waals surface area contributed by atoms with E-state index in [2.05, 4.69) is 92.2 Å². The van der Waals surface area contributed by atoms with Crippen molar-refractivity contribution in [2.75, 3.05) is 27.3 Å². The smallest absolute Gasteiger partial charge is 0.132 e. The number of hydrogen-bond donors (Lipinski definition) is 1. The summed E-state index contributed by atoms with van der Waals surface area (Å²) in [5, 5.41) is 6.44. The van der Waals surface area contributed by atoms with E-state index in [1.165, 1.54) is 21.9 Å². The van der Waals surface area contributed by atoms with E-state index in [4.69, 9.17) is 0 Å². The van der Waals surface area contributed by atoms with E-state index in [0.717, 1.165) is 17.7 Å². The first-order valence-corrected chi connectivity index (χ1v) is 8.71. The average molecular weight is 317 g/mol. The van der Waals surface area contributed by atoms with Crippen LogP contribution in [0.4, 0.5) is 0 Å². The van der Waals surface area contributed by atoms with E-state index in [-0.39, 0.29) is 0 Å². The summed E-state index contributed by atoms with van der Waals surface area (Å²) in [5.41, 5.74) is 2.82.